The summed E-state index contributed by atoms with van der Waals surface area (Å²) >= 11 is 0. The van der Waals surface area contributed by atoms with Gasteiger partial charge in [-0.15, -0.1) is 0 Å². The Bertz CT molecular complexity index is 216. The number of hydrogen-bond donors (Lipinski definition) is 2. The fourth-order valence-electron chi connectivity index (χ4n) is 1.55. The number of Topliss-reactive ketones (excluding diaryl/α,β-unsaturated/α-hetero) is 1. The number of hydrogen-bond acceptors (Lipinski definition) is 3. The second-order valence-corrected chi connectivity index (χ2v) is 4.15. The first-order valence-electron chi connectivity index (χ1n) is 6.10. The fraction of sp³-hybridized carbons (Fsp3) is 0.833. The predicted octanol–water partition coefficient (Wildman–Crippen LogP) is 2.11. The maximum absolute atomic E-state index is 11.2. The molecule has 0 rings (SSSR count). The third-order valence-electron chi connectivity index (χ3n) is 2.64. The van der Waals surface area contributed by atoms with Crippen LogP contribution in [0.2, 0.25) is 0 Å². The number of unbranched alkanes of at least 4 members (excludes halogenated alkanes) is 6. The Morgan fingerprint density at radius 3 is 2.06 bits per heavy atom. The number of carbonyl (C=O) groups is 2. The van der Waals surface area contributed by atoms with Gasteiger partial charge < -0.3 is 10.8 Å². The highest BCUT2D eigenvalue weighted by atomic mass is 16.4. The van der Waals surface area contributed by atoms with E-state index in [9.17, 15) is 9.59 Å². The Kier molecular flexibility index (Phi) is 8.81. The molecule has 0 aromatic carbocycles. The largest absolute Gasteiger partial charge is 0.480 e. The number of carboxylic acid groups (broad SMARTS) is 1. The predicted molar refractivity (Wildman–Crippen MR) is 63.2 cm³/mol. The molecule has 0 spiro atoms. The first kappa shape index (κ1) is 15.1. The van der Waals surface area contributed by atoms with Crippen molar-refractivity contribution >= 4 is 11.8 Å². The summed E-state index contributed by atoms with van der Waals surface area (Å²) in [7, 11) is 0. The molecule has 16 heavy (non-hydrogen) atoms. The number of ketones is 1. The molecule has 0 saturated carbocycles. The molecule has 0 aromatic heterocycles. The smallest absolute Gasteiger partial charge is 0.328 e. The molecule has 0 bridgehead atoms. The minimum Gasteiger partial charge on any atom is -0.480 e. The first-order chi connectivity index (χ1) is 7.59. The van der Waals surface area contributed by atoms with E-state index < -0.39 is 12.0 Å². The highest BCUT2D eigenvalue weighted by Gasteiger charge is 2.19. The second kappa shape index (κ2) is 9.33. The zero-order chi connectivity index (χ0) is 12.4. The molecule has 4 nitrogen and oxygen atoms in total. The first-order valence-corrected chi connectivity index (χ1v) is 6.10. The van der Waals surface area contributed by atoms with Crippen LogP contribution in [0.3, 0.4) is 0 Å². The molecule has 0 amide bonds. The van der Waals surface area contributed by atoms with Crippen LogP contribution in [-0.2, 0) is 9.59 Å². The van der Waals surface area contributed by atoms with E-state index in [0.717, 1.165) is 19.3 Å². The SMILES string of the molecule is CCCCCCCCCC(=O)C(N)C(=O)O. The quantitative estimate of drug-likeness (QED) is 0.444. The van der Waals surface area contributed by atoms with Gasteiger partial charge in [-0.3, -0.25) is 9.59 Å². The van der Waals surface area contributed by atoms with Crippen LogP contribution >= 0.6 is 0 Å². The maximum atomic E-state index is 11.2. The number of nitrogens with two attached hydrogens (primary N) is 1. The summed E-state index contributed by atoms with van der Waals surface area (Å²) in [4.78, 5) is 21.6. The van der Waals surface area contributed by atoms with Gasteiger partial charge in [0, 0.05) is 6.42 Å². The lowest BCUT2D eigenvalue weighted by Gasteiger charge is -2.05. The zero-order valence-electron chi connectivity index (χ0n) is 10.1. The number of aliphatic carboxylic acids is 1. The summed E-state index contributed by atoms with van der Waals surface area (Å²) in [6.45, 7) is 2.17. The lowest BCUT2D eigenvalue weighted by molar-refractivity contribution is -0.142. The molecule has 1 unspecified atom stereocenters. The van der Waals surface area contributed by atoms with Gasteiger partial charge in [-0.05, 0) is 6.42 Å². The molecule has 4 heteroatoms. The van der Waals surface area contributed by atoms with Gasteiger partial charge >= 0.3 is 5.97 Å². The summed E-state index contributed by atoms with van der Waals surface area (Å²) in [6.07, 6.45) is 8.10. The Morgan fingerprint density at radius 2 is 1.56 bits per heavy atom. The van der Waals surface area contributed by atoms with Gasteiger partial charge in [0.1, 0.15) is 0 Å². The number of carbonyl (C=O) groups excluding carboxylic acids is 1. The standard InChI is InChI=1S/C12H23NO3/c1-2-3-4-5-6-7-8-9-10(14)11(13)12(15)16/h11H,2-9,13H2,1H3,(H,15,16). The van der Waals surface area contributed by atoms with Crippen molar-refractivity contribution in [3.63, 3.8) is 0 Å². The van der Waals surface area contributed by atoms with Gasteiger partial charge in [-0.25, -0.2) is 0 Å². The average molecular weight is 229 g/mol. The van der Waals surface area contributed by atoms with Crippen LogP contribution in [0.4, 0.5) is 0 Å². The van der Waals surface area contributed by atoms with Crippen LogP contribution in [-0.4, -0.2) is 22.9 Å². The van der Waals surface area contributed by atoms with Crippen molar-refractivity contribution in [2.75, 3.05) is 0 Å². The van der Waals surface area contributed by atoms with E-state index in [1.807, 2.05) is 0 Å². The van der Waals surface area contributed by atoms with Crippen molar-refractivity contribution in [3.8, 4) is 0 Å². The van der Waals surface area contributed by atoms with Crippen molar-refractivity contribution in [1.29, 1.82) is 0 Å². The van der Waals surface area contributed by atoms with Crippen LogP contribution in [0.1, 0.15) is 58.3 Å². The summed E-state index contributed by atoms with van der Waals surface area (Å²) in [5, 5.41) is 8.51. The topological polar surface area (TPSA) is 80.4 Å². The number of rotatable bonds is 10. The second-order valence-electron chi connectivity index (χ2n) is 4.15. The van der Waals surface area contributed by atoms with Gasteiger partial charge in [0.2, 0.25) is 0 Å². The molecular weight excluding hydrogens is 206 g/mol. The van der Waals surface area contributed by atoms with E-state index in [0.29, 0.717) is 6.42 Å². The molecule has 0 fully saturated rings. The highest BCUT2D eigenvalue weighted by Crippen LogP contribution is 2.08. The van der Waals surface area contributed by atoms with Crippen molar-refractivity contribution in [1.82, 2.24) is 0 Å². The summed E-state index contributed by atoms with van der Waals surface area (Å²) < 4.78 is 0. The van der Waals surface area contributed by atoms with Crippen molar-refractivity contribution in [2.24, 2.45) is 5.73 Å². The fourth-order valence-corrected chi connectivity index (χ4v) is 1.55. The lowest BCUT2D eigenvalue weighted by atomic mass is 10.0. The van der Waals surface area contributed by atoms with Crippen LogP contribution in [0.25, 0.3) is 0 Å². The van der Waals surface area contributed by atoms with E-state index in [1.54, 1.807) is 0 Å². The van der Waals surface area contributed by atoms with Crippen LogP contribution in [0.5, 0.6) is 0 Å². The van der Waals surface area contributed by atoms with Crippen LogP contribution in [0, 0.1) is 0 Å². The minimum atomic E-state index is -1.33. The van der Waals surface area contributed by atoms with E-state index in [-0.39, 0.29) is 5.78 Å². The van der Waals surface area contributed by atoms with E-state index in [2.05, 4.69) is 6.92 Å². The van der Waals surface area contributed by atoms with Crippen LogP contribution in [0.15, 0.2) is 0 Å². The monoisotopic (exact) mass is 229 g/mol. The molecule has 94 valence electrons. The highest BCUT2D eigenvalue weighted by molar-refractivity contribution is 6.01. The summed E-state index contributed by atoms with van der Waals surface area (Å²) in [6, 6.07) is -1.33. The van der Waals surface area contributed by atoms with Gasteiger partial charge in [-0.1, -0.05) is 45.4 Å². The molecule has 3 N–H and O–H groups in total. The van der Waals surface area contributed by atoms with Gasteiger partial charge in [0.05, 0.1) is 0 Å². The summed E-state index contributed by atoms with van der Waals surface area (Å²) in [5.74, 6) is -1.59. The Morgan fingerprint density at radius 1 is 1.06 bits per heavy atom. The lowest BCUT2D eigenvalue weighted by Crippen LogP contribution is -2.38. The molecule has 0 saturated heterocycles. The minimum absolute atomic E-state index is 0.293. The van der Waals surface area contributed by atoms with Gasteiger partial charge in [0.15, 0.2) is 11.8 Å². The van der Waals surface area contributed by atoms with Crippen LogP contribution < -0.4 is 5.73 Å². The molecule has 0 aliphatic rings. The maximum Gasteiger partial charge on any atom is 0.328 e. The molecule has 0 radical (unpaired) electrons. The average Bonchev–Trinajstić information content (AvgIpc) is 2.26. The van der Waals surface area contributed by atoms with E-state index >= 15 is 0 Å². The molecular formula is C12H23NO3. The van der Waals surface area contributed by atoms with Gasteiger partial charge in [0.25, 0.3) is 0 Å². The molecule has 1 atom stereocenters. The molecule has 0 aromatic rings. The number of carboxylic acids is 1. The third-order valence-corrected chi connectivity index (χ3v) is 2.64. The Labute approximate surface area is 97.2 Å². The van der Waals surface area contributed by atoms with E-state index in [4.69, 9.17) is 10.8 Å². The van der Waals surface area contributed by atoms with Gasteiger partial charge in [-0.2, -0.15) is 0 Å². The van der Waals surface area contributed by atoms with E-state index in [1.165, 1.54) is 25.7 Å². The molecule has 0 aliphatic carbocycles. The van der Waals surface area contributed by atoms with Crippen molar-refractivity contribution in [3.05, 3.63) is 0 Å². The summed E-state index contributed by atoms with van der Waals surface area (Å²) in [5.41, 5.74) is 5.19. The zero-order valence-corrected chi connectivity index (χ0v) is 10.1. The molecule has 0 heterocycles. The Hall–Kier alpha value is -0.900. The Balaban J connectivity index is 3.38. The third kappa shape index (κ3) is 7.40. The molecule has 0 aliphatic heterocycles. The normalized spacial score (nSPS) is 12.4. The van der Waals surface area contributed by atoms with Crippen molar-refractivity contribution in [2.45, 2.75) is 64.3 Å². The van der Waals surface area contributed by atoms with Crippen molar-refractivity contribution < 1.29 is 14.7 Å².